The van der Waals surface area contributed by atoms with E-state index in [1.807, 2.05) is 39.8 Å². The highest BCUT2D eigenvalue weighted by Crippen LogP contribution is 2.47. The zero-order valence-electron chi connectivity index (χ0n) is 23.9. The number of rotatable bonds is 9. The van der Waals surface area contributed by atoms with Crippen LogP contribution < -0.4 is 15.4 Å². The normalized spacial score (nSPS) is 27.1. The molecule has 0 aliphatic carbocycles. The lowest BCUT2D eigenvalue weighted by molar-refractivity contribution is -0.284. The summed E-state index contributed by atoms with van der Waals surface area (Å²) in [7, 11) is 0. The number of fused-ring (bicyclic) bond motifs is 1. The Hall–Kier alpha value is -3.64. The molecule has 1 amide bonds. The highest BCUT2D eigenvalue weighted by atomic mass is 16.6. The van der Waals surface area contributed by atoms with Crippen LogP contribution in [0.2, 0.25) is 0 Å². The summed E-state index contributed by atoms with van der Waals surface area (Å²) in [5.74, 6) is -2.50. The van der Waals surface area contributed by atoms with E-state index < -0.39 is 72.5 Å². The highest BCUT2D eigenvalue weighted by Gasteiger charge is 2.63. The molecule has 1 fully saturated rings. The largest absolute Gasteiger partial charge is 0.494 e. The Morgan fingerprint density at radius 2 is 1.73 bits per heavy atom. The van der Waals surface area contributed by atoms with Crippen molar-refractivity contribution in [2.45, 2.75) is 90.6 Å². The maximum Gasteiger partial charge on any atom is 0.303 e. The minimum absolute atomic E-state index is 0.395. The number of allylic oxidation sites excluding steroid dienone is 1. The summed E-state index contributed by atoms with van der Waals surface area (Å²) in [6.07, 6.45) is -4.40. The van der Waals surface area contributed by atoms with Gasteiger partial charge in [-0.1, -0.05) is 6.08 Å². The zero-order chi connectivity index (χ0) is 30.0. The fourth-order valence-electron chi connectivity index (χ4n) is 5.46. The molecule has 1 aromatic rings. The van der Waals surface area contributed by atoms with Gasteiger partial charge in [0.25, 0.3) is 0 Å². The fraction of sp³-hybridized carbons (Fsp3) is 0.571. The van der Waals surface area contributed by atoms with E-state index in [0.29, 0.717) is 18.0 Å². The van der Waals surface area contributed by atoms with Gasteiger partial charge in [-0.2, -0.15) is 0 Å². The second-order valence-electron chi connectivity index (χ2n) is 10.5. The molecule has 5 atom stereocenters. The van der Waals surface area contributed by atoms with Gasteiger partial charge in [-0.15, -0.1) is 0 Å². The van der Waals surface area contributed by atoms with Crippen LogP contribution in [-0.2, 0) is 38.1 Å². The van der Waals surface area contributed by atoms with Gasteiger partial charge >= 0.3 is 17.9 Å². The predicted molar refractivity (Wildman–Crippen MR) is 143 cm³/mol. The number of nitrogens with two attached hydrogens (primary N) is 1. The van der Waals surface area contributed by atoms with Crippen molar-refractivity contribution in [3.8, 4) is 5.75 Å². The van der Waals surface area contributed by atoms with Crippen LogP contribution in [0.5, 0.6) is 5.75 Å². The summed E-state index contributed by atoms with van der Waals surface area (Å²) in [5, 5.41) is 12.3. The van der Waals surface area contributed by atoms with Crippen LogP contribution in [0.3, 0.4) is 0 Å². The van der Waals surface area contributed by atoms with E-state index >= 15 is 0 Å². The van der Waals surface area contributed by atoms with Crippen molar-refractivity contribution in [3.63, 3.8) is 0 Å². The first kappa shape index (κ1) is 30.9. The lowest BCUT2D eigenvalue weighted by Crippen LogP contribution is -2.75. The summed E-state index contributed by atoms with van der Waals surface area (Å²) in [6.45, 7) is 11.1. The maximum absolute atomic E-state index is 12.4. The van der Waals surface area contributed by atoms with Gasteiger partial charge in [-0.25, -0.2) is 0 Å². The van der Waals surface area contributed by atoms with E-state index in [9.17, 15) is 24.3 Å². The molecule has 0 unspecified atom stereocenters. The van der Waals surface area contributed by atoms with Crippen molar-refractivity contribution in [2.75, 3.05) is 18.1 Å². The third kappa shape index (κ3) is 6.39. The molecule has 0 bridgehead atoms. The Kier molecular flexibility index (Phi) is 9.15. The molecule has 12 nitrogen and oxygen atoms in total. The Morgan fingerprint density at radius 1 is 1.07 bits per heavy atom. The third-order valence-electron chi connectivity index (χ3n) is 6.78. The number of hydrogen-bond donors (Lipinski definition) is 2. The second-order valence-corrected chi connectivity index (χ2v) is 10.5. The fourth-order valence-corrected chi connectivity index (χ4v) is 5.46. The number of primary amides is 1. The standard InChI is InChI=1S/C28H38N2O10/c1-8-36-19-9-10-21-20(11-19)15(2)12-27(6,7)30(21)26-28(35,13-23(29)34)25(39-18(5)33)24(38-17(4)32)22(40-26)14-37-16(3)31/h9-12,22,24-26,35H,8,13-14H2,1-7H3,(H2,29,34)/t22-,24-,25+,26-,28-/m1/s1. The molecule has 12 heteroatoms. The van der Waals surface area contributed by atoms with Gasteiger partial charge in [0.15, 0.2) is 24.0 Å². The first-order valence-electron chi connectivity index (χ1n) is 13.0. The van der Waals surface area contributed by atoms with Crippen molar-refractivity contribution in [1.82, 2.24) is 0 Å². The number of aliphatic hydroxyl groups is 1. The lowest BCUT2D eigenvalue weighted by atomic mass is 9.78. The van der Waals surface area contributed by atoms with Crippen LogP contribution in [-0.4, -0.2) is 77.8 Å². The van der Waals surface area contributed by atoms with E-state index in [0.717, 1.165) is 25.0 Å². The number of carbonyl (C=O) groups excluding carboxylic acids is 4. The summed E-state index contributed by atoms with van der Waals surface area (Å²) in [6, 6.07) is 5.42. The van der Waals surface area contributed by atoms with E-state index in [1.54, 1.807) is 17.0 Å². The molecular weight excluding hydrogens is 524 g/mol. The lowest BCUT2D eigenvalue weighted by Gasteiger charge is -2.57. The molecule has 3 rings (SSSR count). The minimum Gasteiger partial charge on any atom is -0.494 e. The molecular formula is C28H38N2O10. The maximum atomic E-state index is 12.4. The average Bonchev–Trinajstić information content (AvgIpc) is 2.81. The Bertz CT molecular complexity index is 1200. The minimum atomic E-state index is -2.31. The number of nitrogens with zero attached hydrogens (tertiary/aromatic N) is 1. The molecule has 40 heavy (non-hydrogen) atoms. The van der Waals surface area contributed by atoms with Crippen LogP contribution in [0.4, 0.5) is 5.69 Å². The number of anilines is 1. The van der Waals surface area contributed by atoms with Gasteiger partial charge in [0, 0.05) is 32.0 Å². The van der Waals surface area contributed by atoms with Crippen molar-refractivity contribution < 1.29 is 48.0 Å². The Morgan fingerprint density at radius 3 is 2.27 bits per heavy atom. The molecule has 3 N–H and O–H groups in total. The third-order valence-corrected chi connectivity index (χ3v) is 6.78. The topological polar surface area (TPSA) is 164 Å². The monoisotopic (exact) mass is 562 g/mol. The molecule has 2 heterocycles. The zero-order valence-corrected chi connectivity index (χ0v) is 23.9. The molecule has 2 aliphatic heterocycles. The quantitative estimate of drug-likeness (QED) is 0.333. The summed E-state index contributed by atoms with van der Waals surface area (Å²) < 4.78 is 28.3. The van der Waals surface area contributed by atoms with Crippen LogP contribution in [0.15, 0.2) is 24.3 Å². The molecule has 220 valence electrons. The van der Waals surface area contributed by atoms with E-state index in [-0.39, 0.29) is 0 Å². The number of esters is 3. The summed E-state index contributed by atoms with van der Waals surface area (Å²) in [4.78, 5) is 50.2. The van der Waals surface area contributed by atoms with Gasteiger partial charge in [0.05, 0.1) is 18.6 Å². The van der Waals surface area contributed by atoms with E-state index in [2.05, 4.69) is 0 Å². The summed E-state index contributed by atoms with van der Waals surface area (Å²) >= 11 is 0. The predicted octanol–water partition coefficient (Wildman–Crippen LogP) is 1.85. The van der Waals surface area contributed by atoms with Crippen molar-refractivity contribution >= 4 is 35.1 Å². The highest BCUT2D eigenvalue weighted by molar-refractivity contribution is 5.83. The van der Waals surface area contributed by atoms with Crippen LogP contribution >= 0.6 is 0 Å². The van der Waals surface area contributed by atoms with Crippen molar-refractivity contribution in [1.29, 1.82) is 0 Å². The van der Waals surface area contributed by atoms with E-state index in [4.69, 9.17) is 29.4 Å². The number of ether oxygens (including phenoxy) is 5. The van der Waals surface area contributed by atoms with Crippen molar-refractivity contribution in [3.05, 3.63) is 29.8 Å². The van der Waals surface area contributed by atoms with E-state index in [1.165, 1.54) is 6.92 Å². The molecule has 1 saturated heterocycles. The summed E-state index contributed by atoms with van der Waals surface area (Å²) in [5.41, 5.74) is 4.78. The number of hydrogen-bond acceptors (Lipinski definition) is 11. The molecule has 2 aliphatic rings. The van der Waals surface area contributed by atoms with Gasteiger partial charge in [-0.05, 0) is 51.5 Å². The number of benzene rings is 1. The average molecular weight is 563 g/mol. The van der Waals surface area contributed by atoms with Gasteiger partial charge in [0.1, 0.15) is 18.5 Å². The van der Waals surface area contributed by atoms with Crippen LogP contribution in [0, 0.1) is 0 Å². The Balaban J connectivity index is 2.27. The van der Waals surface area contributed by atoms with Gasteiger partial charge in [-0.3, -0.25) is 19.2 Å². The number of carbonyl (C=O) groups is 4. The van der Waals surface area contributed by atoms with Crippen LogP contribution in [0.25, 0.3) is 5.57 Å². The molecule has 0 spiro atoms. The first-order valence-corrected chi connectivity index (χ1v) is 13.0. The number of amides is 1. The second kappa shape index (κ2) is 11.8. The molecule has 1 aromatic carbocycles. The molecule has 0 saturated carbocycles. The molecule has 0 aromatic heterocycles. The molecule has 0 radical (unpaired) electrons. The van der Waals surface area contributed by atoms with Crippen LogP contribution in [0.1, 0.15) is 60.5 Å². The van der Waals surface area contributed by atoms with Gasteiger partial charge in [0.2, 0.25) is 5.91 Å². The SMILES string of the molecule is CCOc1ccc2c(c1)C(C)=CC(C)(C)N2[C@@H]1O[C@H](COC(C)=O)[C@@H](OC(C)=O)[C@H](OC(C)=O)[C@]1(O)CC(N)=O. The Labute approximate surface area is 233 Å². The smallest absolute Gasteiger partial charge is 0.303 e. The first-order chi connectivity index (χ1) is 18.6. The van der Waals surface area contributed by atoms with Crippen molar-refractivity contribution in [2.24, 2.45) is 5.73 Å². The van der Waals surface area contributed by atoms with Gasteiger partial charge < -0.3 is 39.4 Å².